The number of para-hydroxylation sites is 1. The zero-order valence-corrected chi connectivity index (χ0v) is 17.2. The first kappa shape index (κ1) is 21.3. The van der Waals surface area contributed by atoms with E-state index in [0.29, 0.717) is 25.3 Å². The highest BCUT2D eigenvalue weighted by Crippen LogP contribution is 2.24. The van der Waals surface area contributed by atoms with E-state index in [-0.39, 0.29) is 24.2 Å². The van der Waals surface area contributed by atoms with Gasteiger partial charge in [0.1, 0.15) is 5.82 Å². The van der Waals surface area contributed by atoms with E-state index in [1.165, 1.54) is 12.1 Å². The summed E-state index contributed by atoms with van der Waals surface area (Å²) >= 11 is 1.60. The number of hydrogen-bond donors (Lipinski definition) is 2. The van der Waals surface area contributed by atoms with Crippen LogP contribution in [0.4, 0.5) is 15.8 Å². The van der Waals surface area contributed by atoms with Crippen molar-refractivity contribution in [2.75, 3.05) is 56.2 Å². The molecule has 2 aromatic rings. The molecule has 1 saturated heterocycles. The molecule has 0 aromatic heterocycles. The summed E-state index contributed by atoms with van der Waals surface area (Å²) in [5, 5.41) is 5.75. The molecule has 1 heterocycles. The standard InChI is InChI=1S/C21H25FN4O2S/c1-29-19-5-3-2-4-18(19)24-21(28)15-26-12-10-25(11-13-26)14-20(27)23-17-8-6-16(22)7-9-17/h2-9H,10-15H2,1H3,(H,23,27)(H,24,28). The Balaban J connectivity index is 1.40. The molecule has 0 bridgehead atoms. The largest absolute Gasteiger partial charge is 0.325 e. The number of anilines is 2. The molecular weight excluding hydrogens is 391 g/mol. The molecule has 0 aliphatic carbocycles. The minimum atomic E-state index is -0.333. The van der Waals surface area contributed by atoms with E-state index >= 15 is 0 Å². The van der Waals surface area contributed by atoms with Gasteiger partial charge in [0.15, 0.2) is 0 Å². The van der Waals surface area contributed by atoms with E-state index in [1.807, 2.05) is 30.5 Å². The number of piperazine rings is 1. The third-order valence-electron chi connectivity index (χ3n) is 4.71. The molecule has 0 saturated carbocycles. The number of carbonyl (C=O) groups is 2. The van der Waals surface area contributed by atoms with Gasteiger partial charge in [-0.1, -0.05) is 12.1 Å². The Kier molecular flexibility index (Phi) is 7.62. The number of thioether (sulfide) groups is 1. The van der Waals surface area contributed by atoms with E-state index < -0.39 is 0 Å². The first-order valence-electron chi connectivity index (χ1n) is 9.46. The second-order valence-electron chi connectivity index (χ2n) is 6.86. The Morgan fingerprint density at radius 1 is 0.897 bits per heavy atom. The van der Waals surface area contributed by atoms with Crippen molar-refractivity contribution in [1.29, 1.82) is 0 Å². The van der Waals surface area contributed by atoms with Gasteiger partial charge in [-0.15, -0.1) is 11.8 Å². The number of halogens is 1. The molecule has 0 radical (unpaired) electrons. The normalized spacial score (nSPS) is 15.1. The first-order chi connectivity index (χ1) is 14.0. The fourth-order valence-electron chi connectivity index (χ4n) is 3.18. The number of carbonyl (C=O) groups excluding carboxylic acids is 2. The van der Waals surface area contributed by atoms with Crippen LogP contribution >= 0.6 is 11.8 Å². The van der Waals surface area contributed by atoms with Crippen LogP contribution in [0.25, 0.3) is 0 Å². The van der Waals surface area contributed by atoms with Gasteiger partial charge in [0.2, 0.25) is 11.8 Å². The molecule has 1 aliphatic rings. The minimum Gasteiger partial charge on any atom is -0.325 e. The maximum absolute atomic E-state index is 12.9. The monoisotopic (exact) mass is 416 g/mol. The summed E-state index contributed by atoms with van der Waals surface area (Å²) in [5.41, 5.74) is 1.42. The van der Waals surface area contributed by atoms with Crippen LogP contribution in [0.3, 0.4) is 0 Å². The van der Waals surface area contributed by atoms with Gasteiger partial charge >= 0.3 is 0 Å². The number of hydrogen-bond acceptors (Lipinski definition) is 5. The van der Waals surface area contributed by atoms with Crippen LogP contribution < -0.4 is 10.6 Å². The molecule has 1 fully saturated rings. The van der Waals surface area contributed by atoms with E-state index in [2.05, 4.69) is 20.4 Å². The van der Waals surface area contributed by atoms with E-state index in [1.54, 1.807) is 23.9 Å². The van der Waals surface area contributed by atoms with Crippen LogP contribution in [-0.2, 0) is 9.59 Å². The molecule has 1 aliphatic heterocycles. The van der Waals surface area contributed by atoms with Crippen molar-refractivity contribution in [3.8, 4) is 0 Å². The molecule has 0 unspecified atom stereocenters. The average molecular weight is 417 g/mol. The maximum atomic E-state index is 12.9. The number of nitrogens with zero attached hydrogens (tertiary/aromatic N) is 2. The second-order valence-corrected chi connectivity index (χ2v) is 7.70. The highest BCUT2D eigenvalue weighted by Gasteiger charge is 2.21. The quantitative estimate of drug-likeness (QED) is 0.680. The Hall–Kier alpha value is -2.42. The maximum Gasteiger partial charge on any atom is 0.238 e. The van der Waals surface area contributed by atoms with Gasteiger partial charge in [0, 0.05) is 36.8 Å². The van der Waals surface area contributed by atoms with Crippen LogP contribution in [0.2, 0.25) is 0 Å². The highest BCUT2D eigenvalue weighted by molar-refractivity contribution is 7.98. The van der Waals surface area contributed by atoms with Crippen molar-refractivity contribution < 1.29 is 14.0 Å². The highest BCUT2D eigenvalue weighted by atomic mass is 32.2. The summed E-state index contributed by atoms with van der Waals surface area (Å²) in [6.07, 6.45) is 1.98. The molecule has 2 amide bonds. The molecule has 154 valence electrons. The number of benzene rings is 2. The summed E-state index contributed by atoms with van der Waals surface area (Å²) in [6, 6.07) is 13.5. The fourth-order valence-corrected chi connectivity index (χ4v) is 3.74. The topological polar surface area (TPSA) is 64.7 Å². The summed E-state index contributed by atoms with van der Waals surface area (Å²) in [4.78, 5) is 29.7. The van der Waals surface area contributed by atoms with Gasteiger partial charge in [-0.25, -0.2) is 4.39 Å². The molecule has 3 rings (SSSR count). The van der Waals surface area contributed by atoms with Crippen LogP contribution in [0.5, 0.6) is 0 Å². The van der Waals surface area contributed by atoms with Gasteiger partial charge in [0.25, 0.3) is 0 Å². The van der Waals surface area contributed by atoms with Crippen molar-refractivity contribution in [2.24, 2.45) is 0 Å². The van der Waals surface area contributed by atoms with Crippen molar-refractivity contribution in [1.82, 2.24) is 9.80 Å². The van der Waals surface area contributed by atoms with Crippen molar-refractivity contribution in [3.05, 3.63) is 54.3 Å². The lowest BCUT2D eigenvalue weighted by Gasteiger charge is -2.33. The Morgan fingerprint density at radius 2 is 1.45 bits per heavy atom. The molecule has 2 aromatic carbocycles. The van der Waals surface area contributed by atoms with E-state index in [0.717, 1.165) is 23.7 Å². The third-order valence-corrected chi connectivity index (χ3v) is 5.50. The molecule has 0 spiro atoms. The fraction of sp³-hybridized carbons (Fsp3) is 0.333. The van der Waals surface area contributed by atoms with E-state index in [4.69, 9.17) is 0 Å². The van der Waals surface area contributed by atoms with Crippen LogP contribution in [0.1, 0.15) is 0 Å². The number of nitrogens with one attached hydrogen (secondary N) is 2. The number of amides is 2. The van der Waals surface area contributed by atoms with Gasteiger partial charge in [-0.3, -0.25) is 19.4 Å². The summed E-state index contributed by atoms with van der Waals surface area (Å²) in [5.74, 6) is -0.495. The lowest BCUT2D eigenvalue weighted by Crippen LogP contribution is -2.50. The molecule has 29 heavy (non-hydrogen) atoms. The summed E-state index contributed by atoms with van der Waals surface area (Å²) in [7, 11) is 0. The lowest BCUT2D eigenvalue weighted by atomic mass is 10.2. The summed E-state index contributed by atoms with van der Waals surface area (Å²) < 4.78 is 12.9. The van der Waals surface area contributed by atoms with Gasteiger partial charge in [-0.05, 0) is 42.7 Å². The van der Waals surface area contributed by atoms with Crippen LogP contribution in [0, 0.1) is 5.82 Å². The van der Waals surface area contributed by atoms with Crippen molar-refractivity contribution >= 4 is 35.0 Å². The predicted molar refractivity (Wildman–Crippen MR) is 115 cm³/mol. The smallest absolute Gasteiger partial charge is 0.238 e. The molecular formula is C21H25FN4O2S. The lowest BCUT2D eigenvalue weighted by molar-refractivity contribution is -0.120. The molecule has 8 heteroatoms. The van der Waals surface area contributed by atoms with Crippen molar-refractivity contribution in [2.45, 2.75) is 4.90 Å². The Labute approximate surface area is 174 Å². The molecule has 0 atom stereocenters. The first-order valence-corrected chi connectivity index (χ1v) is 10.7. The predicted octanol–water partition coefficient (Wildman–Crippen LogP) is 2.74. The molecule has 6 nitrogen and oxygen atoms in total. The zero-order valence-electron chi connectivity index (χ0n) is 16.4. The molecule has 2 N–H and O–H groups in total. The Bertz CT molecular complexity index is 839. The third kappa shape index (κ3) is 6.56. The second kappa shape index (κ2) is 10.4. The van der Waals surface area contributed by atoms with E-state index in [9.17, 15) is 14.0 Å². The van der Waals surface area contributed by atoms with Gasteiger partial charge in [0.05, 0.1) is 18.8 Å². The SMILES string of the molecule is CSc1ccccc1NC(=O)CN1CCN(CC(=O)Nc2ccc(F)cc2)CC1. The summed E-state index contributed by atoms with van der Waals surface area (Å²) in [6.45, 7) is 3.48. The zero-order chi connectivity index (χ0) is 20.6. The van der Waals surface area contributed by atoms with Gasteiger partial charge < -0.3 is 10.6 Å². The van der Waals surface area contributed by atoms with Crippen LogP contribution in [-0.4, -0.2) is 67.1 Å². The number of rotatable bonds is 7. The average Bonchev–Trinajstić information content (AvgIpc) is 2.71. The minimum absolute atomic E-state index is 0.0333. The Morgan fingerprint density at radius 3 is 2.03 bits per heavy atom. The van der Waals surface area contributed by atoms with Crippen LogP contribution in [0.15, 0.2) is 53.4 Å². The van der Waals surface area contributed by atoms with Crippen molar-refractivity contribution in [3.63, 3.8) is 0 Å². The van der Waals surface area contributed by atoms with Gasteiger partial charge in [-0.2, -0.15) is 0 Å².